The molecular weight excluding hydrogens is 220 g/mol. The number of aromatic nitrogens is 1. The van der Waals surface area contributed by atoms with Gasteiger partial charge >= 0.3 is 0 Å². The lowest BCUT2D eigenvalue weighted by Crippen LogP contribution is -2.26. The van der Waals surface area contributed by atoms with E-state index in [-0.39, 0.29) is 5.91 Å². The molecule has 90 valence electrons. The Morgan fingerprint density at radius 3 is 2.88 bits per heavy atom. The highest BCUT2D eigenvalue weighted by Crippen LogP contribution is 2.08. The lowest BCUT2D eigenvalue weighted by atomic mass is 10.2. The molecule has 0 unspecified atom stereocenters. The zero-order valence-electron chi connectivity index (χ0n) is 10.1. The highest BCUT2D eigenvalue weighted by atomic mass is 32.1. The molecule has 0 fully saturated rings. The molecule has 0 radical (unpaired) electrons. The maximum Gasteiger partial charge on any atom is 0.226 e. The van der Waals surface area contributed by atoms with E-state index in [0.717, 1.165) is 23.7 Å². The fraction of sp³-hybridized carbons (Fsp3) is 0.667. The van der Waals surface area contributed by atoms with Crippen molar-refractivity contribution < 1.29 is 4.79 Å². The summed E-state index contributed by atoms with van der Waals surface area (Å²) in [7, 11) is 0. The van der Waals surface area contributed by atoms with Crippen LogP contribution in [0.25, 0.3) is 0 Å². The lowest BCUT2D eigenvalue weighted by Gasteiger charge is -2.03. The molecule has 0 aromatic carbocycles. The molecule has 0 saturated heterocycles. The number of nitrogens with zero attached hydrogens (tertiary/aromatic N) is 1. The second-order valence-electron chi connectivity index (χ2n) is 3.95. The van der Waals surface area contributed by atoms with Crippen LogP contribution in [0.5, 0.6) is 0 Å². The van der Waals surface area contributed by atoms with Gasteiger partial charge in [0.1, 0.15) is 0 Å². The van der Waals surface area contributed by atoms with Crippen molar-refractivity contribution in [1.29, 1.82) is 0 Å². The van der Waals surface area contributed by atoms with Gasteiger partial charge in [0.05, 0.1) is 17.1 Å². The van der Waals surface area contributed by atoms with Crippen LogP contribution in [0.4, 0.5) is 0 Å². The Morgan fingerprint density at radius 2 is 2.25 bits per heavy atom. The lowest BCUT2D eigenvalue weighted by molar-refractivity contribution is -0.120. The fourth-order valence-electron chi connectivity index (χ4n) is 1.50. The van der Waals surface area contributed by atoms with Crippen molar-refractivity contribution in [2.75, 3.05) is 6.54 Å². The molecule has 0 atom stereocenters. The first-order chi connectivity index (χ1) is 7.72. The van der Waals surface area contributed by atoms with Gasteiger partial charge in [-0.25, -0.2) is 4.98 Å². The molecule has 0 saturated carbocycles. The number of carbonyl (C=O) groups is 1. The molecule has 4 heteroatoms. The van der Waals surface area contributed by atoms with Crippen LogP contribution in [0.3, 0.4) is 0 Å². The average Bonchev–Trinajstić information content (AvgIpc) is 2.63. The van der Waals surface area contributed by atoms with E-state index in [9.17, 15) is 4.79 Å². The molecular formula is C12H20N2OS. The highest BCUT2D eigenvalue weighted by Gasteiger charge is 2.05. The largest absolute Gasteiger partial charge is 0.356 e. The topological polar surface area (TPSA) is 42.0 Å². The van der Waals surface area contributed by atoms with Crippen molar-refractivity contribution in [1.82, 2.24) is 10.3 Å². The Kier molecular flexibility index (Phi) is 6.08. The van der Waals surface area contributed by atoms with Gasteiger partial charge < -0.3 is 5.32 Å². The molecule has 1 heterocycles. The minimum atomic E-state index is 0.0850. The molecule has 1 amide bonds. The molecule has 1 N–H and O–H groups in total. The summed E-state index contributed by atoms with van der Waals surface area (Å²) in [5.74, 6) is 0.0850. The SMILES string of the molecule is CCCCCCNC(=O)Cc1csc(C)n1. The molecule has 0 spiro atoms. The average molecular weight is 240 g/mol. The normalized spacial score (nSPS) is 10.4. The van der Waals surface area contributed by atoms with Crippen LogP contribution >= 0.6 is 11.3 Å². The van der Waals surface area contributed by atoms with Crippen LogP contribution in [0.2, 0.25) is 0 Å². The van der Waals surface area contributed by atoms with Gasteiger partial charge in [0.15, 0.2) is 0 Å². The van der Waals surface area contributed by atoms with Gasteiger partial charge in [0.25, 0.3) is 0 Å². The standard InChI is InChI=1S/C12H20N2OS/c1-3-4-5-6-7-13-12(15)8-11-9-16-10(2)14-11/h9H,3-8H2,1-2H3,(H,13,15). The second-order valence-corrected chi connectivity index (χ2v) is 5.01. The van der Waals surface area contributed by atoms with Gasteiger partial charge in [-0.2, -0.15) is 0 Å². The fourth-order valence-corrected chi connectivity index (χ4v) is 2.11. The first-order valence-electron chi connectivity index (χ1n) is 5.90. The number of hydrogen-bond acceptors (Lipinski definition) is 3. The number of unbranched alkanes of at least 4 members (excludes halogenated alkanes) is 3. The van der Waals surface area contributed by atoms with E-state index in [2.05, 4.69) is 17.2 Å². The monoisotopic (exact) mass is 240 g/mol. The maximum atomic E-state index is 11.5. The first-order valence-corrected chi connectivity index (χ1v) is 6.78. The molecule has 3 nitrogen and oxygen atoms in total. The van der Waals surface area contributed by atoms with Gasteiger partial charge in [-0.05, 0) is 13.3 Å². The molecule has 1 aromatic heterocycles. The van der Waals surface area contributed by atoms with Gasteiger partial charge in [-0.15, -0.1) is 11.3 Å². The van der Waals surface area contributed by atoms with Gasteiger partial charge in [-0.3, -0.25) is 4.79 Å². The third-order valence-electron chi connectivity index (χ3n) is 2.36. The number of amides is 1. The maximum absolute atomic E-state index is 11.5. The molecule has 0 bridgehead atoms. The second kappa shape index (κ2) is 7.39. The van der Waals surface area contributed by atoms with Crippen molar-refractivity contribution in [2.24, 2.45) is 0 Å². The number of carbonyl (C=O) groups excluding carboxylic acids is 1. The van der Waals surface area contributed by atoms with Crippen molar-refractivity contribution in [3.8, 4) is 0 Å². The third-order valence-corrected chi connectivity index (χ3v) is 3.18. The number of nitrogens with one attached hydrogen (secondary N) is 1. The molecule has 0 aliphatic heterocycles. The molecule has 0 aliphatic carbocycles. The Bertz CT molecular complexity index is 323. The molecule has 16 heavy (non-hydrogen) atoms. The first kappa shape index (κ1) is 13.2. The van der Waals surface area contributed by atoms with Crippen LogP contribution in [-0.2, 0) is 11.2 Å². The summed E-state index contributed by atoms with van der Waals surface area (Å²) in [6.07, 6.45) is 5.17. The smallest absolute Gasteiger partial charge is 0.226 e. The zero-order valence-corrected chi connectivity index (χ0v) is 10.9. The van der Waals surface area contributed by atoms with Crippen molar-refractivity contribution in [3.63, 3.8) is 0 Å². The summed E-state index contributed by atoms with van der Waals surface area (Å²) in [6, 6.07) is 0. The van der Waals surface area contributed by atoms with Crippen LogP contribution < -0.4 is 5.32 Å². The van der Waals surface area contributed by atoms with E-state index in [1.54, 1.807) is 11.3 Å². The summed E-state index contributed by atoms with van der Waals surface area (Å²) < 4.78 is 0. The van der Waals surface area contributed by atoms with Gasteiger partial charge in [-0.1, -0.05) is 26.2 Å². The van der Waals surface area contributed by atoms with Crippen LogP contribution in [-0.4, -0.2) is 17.4 Å². The Balaban J connectivity index is 2.11. The predicted molar refractivity (Wildman–Crippen MR) is 67.7 cm³/mol. The third kappa shape index (κ3) is 5.26. The number of aryl methyl sites for hydroxylation is 1. The van der Waals surface area contributed by atoms with E-state index in [0.29, 0.717) is 6.42 Å². The minimum Gasteiger partial charge on any atom is -0.356 e. The van der Waals surface area contributed by atoms with E-state index in [4.69, 9.17) is 0 Å². The van der Waals surface area contributed by atoms with E-state index < -0.39 is 0 Å². The summed E-state index contributed by atoms with van der Waals surface area (Å²) in [5.41, 5.74) is 0.883. The van der Waals surface area contributed by atoms with Crippen molar-refractivity contribution >= 4 is 17.2 Å². The number of rotatable bonds is 7. The van der Waals surface area contributed by atoms with E-state index in [1.807, 2.05) is 12.3 Å². The van der Waals surface area contributed by atoms with Crippen molar-refractivity contribution in [3.05, 3.63) is 16.1 Å². The summed E-state index contributed by atoms with van der Waals surface area (Å²) >= 11 is 1.59. The van der Waals surface area contributed by atoms with Gasteiger partial charge in [0.2, 0.25) is 5.91 Å². The summed E-state index contributed by atoms with van der Waals surface area (Å²) in [6.45, 7) is 4.93. The number of hydrogen-bond donors (Lipinski definition) is 1. The van der Waals surface area contributed by atoms with Gasteiger partial charge in [0, 0.05) is 11.9 Å². The van der Waals surface area contributed by atoms with E-state index >= 15 is 0 Å². The zero-order chi connectivity index (χ0) is 11.8. The van der Waals surface area contributed by atoms with Crippen LogP contribution in [0.1, 0.15) is 43.3 Å². The van der Waals surface area contributed by atoms with Crippen molar-refractivity contribution in [2.45, 2.75) is 46.0 Å². The van der Waals surface area contributed by atoms with Crippen LogP contribution in [0.15, 0.2) is 5.38 Å². The van der Waals surface area contributed by atoms with Crippen LogP contribution in [0, 0.1) is 6.92 Å². The predicted octanol–water partition coefficient (Wildman–Crippen LogP) is 2.69. The summed E-state index contributed by atoms with van der Waals surface area (Å²) in [4.78, 5) is 15.8. The quantitative estimate of drug-likeness (QED) is 0.745. The Morgan fingerprint density at radius 1 is 1.44 bits per heavy atom. The Labute approximate surface area is 101 Å². The highest BCUT2D eigenvalue weighted by molar-refractivity contribution is 7.09. The summed E-state index contributed by atoms with van der Waals surface area (Å²) in [5, 5.41) is 5.89. The molecule has 1 rings (SSSR count). The molecule has 0 aliphatic rings. The van der Waals surface area contributed by atoms with E-state index in [1.165, 1.54) is 19.3 Å². The Hall–Kier alpha value is -0.900. The minimum absolute atomic E-state index is 0.0850. The number of thiazole rings is 1. The molecule has 1 aromatic rings.